The van der Waals surface area contributed by atoms with E-state index in [1.165, 1.54) is 30.3 Å². The van der Waals surface area contributed by atoms with Crippen molar-refractivity contribution in [2.45, 2.75) is 25.7 Å². The van der Waals surface area contributed by atoms with Gasteiger partial charge >= 0.3 is 0 Å². The Morgan fingerprint density at radius 1 is 0.963 bits per heavy atom. The Morgan fingerprint density at radius 3 is 2.15 bits per heavy atom. The predicted molar refractivity (Wildman–Crippen MR) is 97.9 cm³/mol. The van der Waals surface area contributed by atoms with Gasteiger partial charge in [0.25, 0.3) is 15.9 Å². The topological polar surface area (TPSA) is 127 Å². The summed E-state index contributed by atoms with van der Waals surface area (Å²) in [6.07, 6.45) is 0. The van der Waals surface area contributed by atoms with Gasteiger partial charge in [-0.05, 0) is 51.1 Å². The third-order valence-corrected chi connectivity index (χ3v) is 4.83. The molecule has 1 aromatic carbocycles. The van der Waals surface area contributed by atoms with Crippen molar-refractivity contribution in [1.29, 1.82) is 0 Å². The van der Waals surface area contributed by atoms with Gasteiger partial charge in [-0.15, -0.1) is 0 Å². The van der Waals surface area contributed by atoms with Crippen LogP contribution < -0.4 is 10.0 Å². The van der Waals surface area contributed by atoms with E-state index in [0.717, 1.165) is 0 Å². The Kier molecular flexibility index (Phi) is 4.91. The zero-order valence-electron chi connectivity index (χ0n) is 14.8. The predicted octanol–water partition coefficient (Wildman–Crippen LogP) is 2.44. The largest absolute Gasteiger partial charge is 0.351 e. The van der Waals surface area contributed by atoms with Crippen molar-refractivity contribution in [3.05, 3.63) is 59.2 Å². The highest BCUT2D eigenvalue weighted by atomic mass is 32.2. The van der Waals surface area contributed by atoms with Crippen LogP contribution in [0.1, 0.15) is 27.6 Å². The number of carbonyl (C=O) groups excluding carboxylic acids is 1. The van der Waals surface area contributed by atoms with E-state index in [2.05, 4.69) is 25.2 Å². The summed E-state index contributed by atoms with van der Waals surface area (Å²) in [5.41, 5.74) is 2.30. The van der Waals surface area contributed by atoms with Crippen LogP contribution in [0.15, 0.2) is 45.8 Å². The zero-order valence-corrected chi connectivity index (χ0v) is 15.7. The minimum Gasteiger partial charge on any atom is -0.351 e. The van der Waals surface area contributed by atoms with Crippen molar-refractivity contribution < 1.29 is 17.7 Å². The van der Waals surface area contributed by atoms with Gasteiger partial charge in [0, 0.05) is 23.1 Å². The lowest BCUT2D eigenvalue weighted by atomic mass is 10.3. The summed E-state index contributed by atoms with van der Waals surface area (Å²) < 4.78 is 32.2. The standard InChI is InChI=1S/C17H17N5O4S/c1-10-8-11(2)19-17(18-10)22-27(24,25)14-6-4-13(5-7-14)20-16(23)15-9-12(3)21-26-15/h4-9H,1-3H3,(H,20,23)(H,18,19,22). The Morgan fingerprint density at radius 2 is 1.59 bits per heavy atom. The van der Waals surface area contributed by atoms with E-state index in [0.29, 0.717) is 22.8 Å². The van der Waals surface area contributed by atoms with Crippen LogP contribution in [0.3, 0.4) is 0 Å². The summed E-state index contributed by atoms with van der Waals surface area (Å²) in [7, 11) is -3.86. The van der Waals surface area contributed by atoms with Gasteiger partial charge in [-0.3, -0.25) is 4.79 Å². The molecule has 0 fully saturated rings. The van der Waals surface area contributed by atoms with Crippen molar-refractivity contribution in [3.8, 4) is 0 Å². The maximum atomic E-state index is 12.5. The molecule has 27 heavy (non-hydrogen) atoms. The van der Waals surface area contributed by atoms with E-state index in [1.54, 1.807) is 26.8 Å². The van der Waals surface area contributed by atoms with Crippen molar-refractivity contribution in [1.82, 2.24) is 15.1 Å². The molecule has 0 radical (unpaired) electrons. The molecule has 9 nitrogen and oxygen atoms in total. The highest BCUT2D eigenvalue weighted by molar-refractivity contribution is 7.92. The smallest absolute Gasteiger partial charge is 0.294 e. The first-order valence-electron chi connectivity index (χ1n) is 7.93. The summed E-state index contributed by atoms with van der Waals surface area (Å²) in [4.78, 5) is 20.2. The van der Waals surface area contributed by atoms with Gasteiger partial charge < -0.3 is 9.84 Å². The number of nitrogens with zero attached hydrogens (tertiary/aromatic N) is 3. The monoisotopic (exact) mass is 387 g/mol. The molecular formula is C17H17N5O4S. The lowest BCUT2D eigenvalue weighted by Gasteiger charge is -2.09. The first-order valence-corrected chi connectivity index (χ1v) is 9.41. The fourth-order valence-corrected chi connectivity index (χ4v) is 3.28. The number of anilines is 2. The molecule has 0 aliphatic rings. The lowest BCUT2D eigenvalue weighted by molar-refractivity contribution is 0.0988. The molecule has 2 aromatic heterocycles. The number of aromatic nitrogens is 3. The van der Waals surface area contributed by atoms with E-state index in [1.807, 2.05) is 0 Å². The van der Waals surface area contributed by atoms with E-state index >= 15 is 0 Å². The van der Waals surface area contributed by atoms with Gasteiger partial charge in [0.1, 0.15) is 0 Å². The average molecular weight is 387 g/mol. The molecular weight excluding hydrogens is 370 g/mol. The molecule has 2 N–H and O–H groups in total. The van der Waals surface area contributed by atoms with Gasteiger partial charge in [0.05, 0.1) is 10.6 Å². The molecule has 0 aliphatic heterocycles. The van der Waals surface area contributed by atoms with E-state index in [9.17, 15) is 13.2 Å². The van der Waals surface area contributed by atoms with Gasteiger partial charge in [-0.25, -0.2) is 23.1 Å². The number of nitrogens with one attached hydrogen (secondary N) is 2. The van der Waals surface area contributed by atoms with E-state index in [4.69, 9.17) is 4.52 Å². The molecule has 140 valence electrons. The number of benzene rings is 1. The number of carbonyl (C=O) groups is 1. The number of sulfonamides is 1. The van der Waals surface area contributed by atoms with E-state index in [-0.39, 0.29) is 16.6 Å². The van der Waals surface area contributed by atoms with Crippen molar-refractivity contribution in [2.24, 2.45) is 0 Å². The third-order valence-electron chi connectivity index (χ3n) is 3.48. The van der Waals surface area contributed by atoms with Crippen LogP contribution >= 0.6 is 0 Å². The second kappa shape index (κ2) is 7.16. The van der Waals surface area contributed by atoms with Crippen molar-refractivity contribution in [2.75, 3.05) is 10.0 Å². The number of hydrogen-bond acceptors (Lipinski definition) is 7. The molecule has 2 heterocycles. The van der Waals surface area contributed by atoms with Crippen LogP contribution in [0.4, 0.5) is 11.6 Å². The molecule has 3 rings (SSSR count). The number of aryl methyl sites for hydroxylation is 3. The lowest BCUT2D eigenvalue weighted by Crippen LogP contribution is -2.16. The minimum absolute atomic E-state index is 0.00516. The van der Waals surface area contributed by atoms with Gasteiger partial charge in [0.15, 0.2) is 0 Å². The summed E-state index contributed by atoms with van der Waals surface area (Å²) in [5, 5.41) is 6.24. The molecule has 0 aliphatic carbocycles. The van der Waals surface area contributed by atoms with Crippen molar-refractivity contribution >= 4 is 27.6 Å². The quantitative estimate of drug-likeness (QED) is 0.688. The van der Waals surface area contributed by atoms with E-state index < -0.39 is 15.9 Å². The minimum atomic E-state index is -3.86. The molecule has 1 amide bonds. The molecule has 0 saturated heterocycles. The number of hydrogen-bond donors (Lipinski definition) is 2. The summed E-state index contributed by atoms with van der Waals surface area (Å²) >= 11 is 0. The maximum absolute atomic E-state index is 12.5. The maximum Gasteiger partial charge on any atom is 0.294 e. The second-order valence-corrected chi connectivity index (χ2v) is 7.57. The molecule has 0 atom stereocenters. The molecule has 10 heteroatoms. The first kappa shape index (κ1) is 18.5. The second-order valence-electron chi connectivity index (χ2n) is 5.89. The molecule has 0 unspecified atom stereocenters. The molecule has 0 bridgehead atoms. The Hall–Kier alpha value is -3.27. The Bertz CT molecular complexity index is 1070. The molecule has 0 saturated carbocycles. The zero-order chi connectivity index (χ0) is 19.6. The van der Waals surface area contributed by atoms with Crippen LogP contribution in [0, 0.1) is 20.8 Å². The van der Waals surface area contributed by atoms with Crippen LogP contribution in [-0.2, 0) is 10.0 Å². The summed E-state index contributed by atoms with van der Waals surface area (Å²) in [6, 6.07) is 8.92. The summed E-state index contributed by atoms with van der Waals surface area (Å²) in [5.74, 6) is -0.406. The summed E-state index contributed by atoms with van der Waals surface area (Å²) in [6.45, 7) is 5.20. The molecule has 0 spiro atoms. The fourth-order valence-electron chi connectivity index (χ4n) is 2.33. The van der Waals surface area contributed by atoms with Gasteiger partial charge in [0.2, 0.25) is 11.7 Å². The van der Waals surface area contributed by atoms with Crippen LogP contribution in [-0.4, -0.2) is 29.4 Å². The van der Waals surface area contributed by atoms with Crippen LogP contribution in [0.25, 0.3) is 0 Å². The normalized spacial score (nSPS) is 11.2. The highest BCUT2D eigenvalue weighted by Gasteiger charge is 2.17. The number of rotatable bonds is 5. The average Bonchev–Trinajstić information content (AvgIpc) is 3.00. The molecule has 3 aromatic rings. The van der Waals surface area contributed by atoms with Crippen LogP contribution in [0.2, 0.25) is 0 Å². The third kappa shape index (κ3) is 4.47. The van der Waals surface area contributed by atoms with Gasteiger partial charge in [-0.1, -0.05) is 5.16 Å². The highest BCUT2D eigenvalue weighted by Crippen LogP contribution is 2.18. The Balaban J connectivity index is 1.74. The Labute approximate surface area is 155 Å². The SMILES string of the molecule is Cc1cc(C(=O)Nc2ccc(S(=O)(=O)Nc3nc(C)cc(C)n3)cc2)on1. The number of amides is 1. The van der Waals surface area contributed by atoms with Crippen LogP contribution in [0.5, 0.6) is 0 Å². The fraction of sp³-hybridized carbons (Fsp3) is 0.176. The van der Waals surface area contributed by atoms with Crippen molar-refractivity contribution in [3.63, 3.8) is 0 Å². The first-order chi connectivity index (χ1) is 12.7. The van der Waals surface area contributed by atoms with Gasteiger partial charge in [-0.2, -0.15) is 0 Å².